The van der Waals surface area contributed by atoms with E-state index in [4.69, 9.17) is 0 Å². The van der Waals surface area contributed by atoms with Crippen LogP contribution in [0.4, 0.5) is 0 Å². The zero-order chi connectivity index (χ0) is 13.0. The van der Waals surface area contributed by atoms with E-state index in [1.54, 1.807) is 6.20 Å². The summed E-state index contributed by atoms with van der Waals surface area (Å²) in [5.41, 5.74) is 0.910. The van der Waals surface area contributed by atoms with Crippen LogP contribution in [0.2, 0.25) is 0 Å². The van der Waals surface area contributed by atoms with Crippen LogP contribution < -0.4 is 10.6 Å². The Morgan fingerprint density at radius 3 is 2.95 bits per heavy atom. The number of carbonyl (C=O) groups excluding carboxylic acids is 1. The first-order chi connectivity index (χ1) is 8.66. The summed E-state index contributed by atoms with van der Waals surface area (Å²) < 4.78 is 0. The Balaban J connectivity index is 0.00000180. The maximum Gasteiger partial charge on any atom is 0.223 e. The molecule has 1 amide bonds. The number of hydrogen-bond donors (Lipinski definition) is 2. The summed E-state index contributed by atoms with van der Waals surface area (Å²) in [4.78, 5) is 16.4. The van der Waals surface area contributed by atoms with Crippen molar-refractivity contribution in [3.63, 3.8) is 0 Å². The Kier molecular flexibility index (Phi) is 6.25. The van der Waals surface area contributed by atoms with Crippen molar-refractivity contribution in [1.82, 2.24) is 15.6 Å². The van der Waals surface area contributed by atoms with Crippen LogP contribution in [0, 0.1) is 5.92 Å². The van der Waals surface area contributed by atoms with Gasteiger partial charge in [0.1, 0.15) is 0 Å². The lowest BCUT2D eigenvalue weighted by atomic mass is 9.92. The molecule has 106 valence electrons. The number of aromatic nitrogens is 1. The topological polar surface area (TPSA) is 54.0 Å². The lowest BCUT2D eigenvalue weighted by Crippen LogP contribution is -2.43. The number of rotatable bonds is 3. The summed E-state index contributed by atoms with van der Waals surface area (Å²) >= 11 is 0. The molecule has 3 atom stereocenters. The fourth-order valence-electron chi connectivity index (χ4n) is 2.41. The smallest absolute Gasteiger partial charge is 0.223 e. The number of carbonyl (C=O) groups is 1. The second kappa shape index (κ2) is 7.46. The molecular weight excluding hydrogens is 262 g/mol. The second-order valence-corrected chi connectivity index (χ2v) is 5.06. The van der Waals surface area contributed by atoms with Gasteiger partial charge in [-0.1, -0.05) is 6.07 Å². The van der Waals surface area contributed by atoms with Crippen molar-refractivity contribution in [3.05, 3.63) is 30.1 Å². The molecule has 1 aromatic heterocycles. The Hall–Kier alpha value is -1.13. The minimum Gasteiger partial charge on any atom is -0.348 e. The van der Waals surface area contributed by atoms with Crippen LogP contribution in [0.25, 0.3) is 0 Å². The van der Waals surface area contributed by atoms with Gasteiger partial charge in [-0.05, 0) is 45.4 Å². The van der Waals surface area contributed by atoms with Crippen molar-refractivity contribution < 1.29 is 4.79 Å². The zero-order valence-corrected chi connectivity index (χ0v) is 12.2. The molecule has 1 aromatic rings. The molecular formula is C14H22ClN3O. The number of hydrogen-bond acceptors (Lipinski definition) is 3. The monoisotopic (exact) mass is 283 g/mol. The summed E-state index contributed by atoms with van der Waals surface area (Å²) in [5.74, 6) is 0.286. The number of nitrogens with zero attached hydrogens (tertiary/aromatic N) is 1. The third-order valence-corrected chi connectivity index (χ3v) is 3.48. The molecule has 2 heterocycles. The molecule has 1 unspecified atom stereocenters. The molecule has 4 nitrogen and oxygen atoms in total. The van der Waals surface area contributed by atoms with Gasteiger partial charge in [0.15, 0.2) is 0 Å². The van der Waals surface area contributed by atoms with Crippen molar-refractivity contribution in [2.24, 2.45) is 5.92 Å². The van der Waals surface area contributed by atoms with Crippen LogP contribution in [0.1, 0.15) is 38.4 Å². The van der Waals surface area contributed by atoms with Gasteiger partial charge in [0.2, 0.25) is 5.91 Å². The van der Waals surface area contributed by atoms with Gasteiger partial charge in [-0.3, -0.25) is 9.78 Å². The van der Waals surface area contributed by atoms with Crippen LogP contribution in [0.15, 0.2) is 24.4 Å². The normalized spacial score (nSPS) is 24.1. The molecule has 1 aliphatic heterocycles. The molecule has 2 rings (SSSR count). The van der Waals surface area contributed by atoms with Crippen LogP contribution in [-0.2, 0) is 4.79 Å². The Bertz CT molecular complexity index is 399. The van der Waals surface area contributed by atoms with Crippen LogP contribution in [-0.4, -0.2) is 23.5 Å². The molecule has 1 aliphatic rings. The predicted molar refractivity (Wildman–Crippen MR) is 78.2 cm³/mol. The second-order valence-electron chi connectivity index (χ2n) is 5.06. The molecule has 0 bridgehead atoms. The molecule has 0 saturated carbocycles. The number of amides is 1. The highest BCUT2D eigenvalue weighted by molar-refractivity contribution is 5.85. The first-order valence-corrected chi connectivity index (χ1v) is 6.61. The standard InChI is InChI=1S/C14H21N3O.ClH/c1-10-9-12(6-8-15-10)14(18)17-11(2)13-5-3-4-7-16-13;/h3-5,7,10-12,15H,6,8-9H2,1-2H3,(H,17,18);1H/t10-,11?,12-;/m0./s1. The molecule has 0 spiro atoms. The third-order valence-electron chi connectivity index (χ3n) is 3.48. The molecule has 1 fully saturated rings. The van der Waals surface area contributed by atoms with Crippen LogP contribution in [0.5, 0.6) is 0 Å². The predicted octanol–water partition coefficient (Wildman–Crippen LogP) is 2.07. The third kappa shape index (κ3) is 4.48. The van der Waals surface area contributed by atoms with E-state index in [2.05, 4.69) is 22.5 Å². The van der Waals surface area contributed by atoms with E-state index in [1.165, 1.54) is 0 Å². The summed E-state index contributed by atoms with van der Waals surface area (Å²) in [6.45, 7) is 5.03. The van der Waals surface area contributed by atoms with E-state index in [0.29, 0.717) is 6.04 Å². The number of nitrogens with one attached hydrogen (secondary N) is 2. The average Bonchev–Trinajstić information content (AvgIpc) is 2.39. The molecule has 19 heavy (non-hydrogen) atoms. The zero-order valence-electron chi connectivity index (χ0n) is 11.4. The van der Waals surface area contributed by atoms with Gasteiger partial charge in [0, 0.05) is 18.2 Å². The minimum absolute atomic E-state index is 0. The average molecular weight is 284 g/mol. The van der Waals surface area contributed by atoms with Crippen molar-refractivity contribution >= 4 is 18.3 Å². The first kappa shape index (κ1) is 15.9. The lowest BCUT2D eigenvalue weighted by molar-refractivity contribution is -0.126. The molecule has 2 N–H and O–H groups in total. The Morgan fingerprint density at radius 1 is 1.53 bits per heavy atom. The van der Waals surface area contributed by atoms with Crippen molar-refractivity contribution in [2.45, 2.75) is 38.8 Å². The lowest BCUT2D eigenvalue weighted by Gasteiger charge is -2.28. The van der Waals surface area contributed by atoms with Crippen molar-refractivity contribution in [3.8, 4) is 0 Å². The highest BCUT2D eigenvalue weighted by Gasteiger charge is 2.25. The van der Waals surface area contributed by atoms with Crippen molar-refractivity contribution in [1.29, 1.82) is 0 Å². The summed E-state index contributed by atoms with van der Waals surface area (Å²) in [7, 11) is 0. The summed E-state index contributed by atoms with van der Waals surface area (Å²) in [6, 6.07) is 6.17. The van der Waals surface area contributed by atoms with E-state index in [-0.39, 0.29) is 30.3 Å². The highest BCUT2D eigenvalue weighted by Crippen LogP contribution is 2.18. The maximum atomic E-state index is 12.2. The molecule has 0 radical (unpaired) electrons. The van der Waals surface area contributed by atoms with E-state index in [9.17, 15) is 4.79 Å². The largest absolute Gasteiger partial charge is 0.348 e. The van der Waals surface area contributed by atoms with Gasteiger partial charge in [-0.2, -0.15) is 0 Å². The van der Waals surface area contributed by atoms with Gasteiger partial charge in [-0.15, -0.1) is 12.4 Å². The van der Waals surface area contributed by atoms with E-state index in [0.717, 1.165) is 25.1 Å². The Morgan fingerprint density at radius 2 is 2.32 bits per heavy atom. The van der Waals surface area contributed by atoms with Gasteiger partial charge < -0.3 is 10.6 Å². The van der Waals surface area contributed by atoms with Crippen LogP contribution >= 0.6 is 12.4 Å². The SMILES string of the molecule is CC(NC(=O)[C@H]1CCN[C@@H](C)C1)c1ccccn1.Cl. The summed E-state index contributed by atoms with van der Waals surface area (Å²) in [6.07, 6.45) is 3.59. The molecule has 0 aliphatic carbocycles. The number of pyridine rings is 1. The highest BCUT2D eigenvalue weighted by atomic mass is 35.5. The fraction of sp³-hybridized carbons (Fsp3) is 0.571. The van der Waals surface area contributed by atoms with Gasteiger partial charge >= 0.3 is 0 Å². The Labute approximate surface area is 120 Å². The van der Waals surface area contributed by atoms with E-state index < -0.39 is 0 Å². The number of piperidine rings is 1. The first-order valence-electron chi connectivity index (χ1n) is 6.61. The van der Waals surface area contributed by atoms with E-state index >= 15 is 0 Å². The van der Waals surface area contributed by atoms with Gasteiger partial charge in [0.25, 0.3) is 0 Å². The van der Waals surface area contributed by atoms with Crippen molar-refractivity contribution in [2.75, 3.05) is 6.54 Å². The number of halogens is 1. The molecule has 5 heteroatoms. The molecule has 1 saturated heterocycles. The van der Waals surface area contributed by atoms with Gasteiger partial charge in [0.05, 0.1) is 11.7 Å². The quantitative estimate of drug-likeness (QED) is 0.893. The van der Waals surface area contributed by atoms with Gasteiger partial charge in [-0.25, -0.2) is 0 Å². The van der Waals surface area contributed by atoms with E-state index in [1.807, 2.05) is 25.1 Å². The fourth-order valence-corrected chi connectivity index (χ4v) is 2.41. The maximum absolute atomic E-state index is 12.2. The molecule has 0 aromatic carbocycles. The summed E-state index contributed by atoms with van der Waals surface area (Å²) in [5, 5.41) is 6.42. The minimum atomic E-state index is -0.0242. The van der Waals surface area contributed by atoms with Crippen LogP contribution in [0.3, 0.4) is 0 Å².